The number of hydrogen-bond acceptors (Lipinski definition) is 8. The number of benzene rings is 1. The molecule has 0 bridgehead atoms. The summed E-state index contributed by atoms with van der Waals surface area (Å²) in [6.45, 7) is 0.305. The maximum Gasteiger partial charge on any atom is 0.330 e. The molecule has 3 aromatic rings. The molecule has 0 aliphatic carbocycles. The van der Waals surface area contributed by atoms with E-state index in [1.807, 2.05) is 16.8 Å². The lowest BCUT2D eigenvalue weighted by Crippen LogP contribution is -2.20. The highest BCUT2D eigenvalue weighted by Gasteiger charge is 2.16. The normalized spacial score (nSPS) is 10.5. The first-order valence-electron chi connectivity index (χ1n) is 7.98. The van der Waals surface area contributed by atoms with Crippen LogP contribution in [0.5, 0.6) is 0 Å². The predicted octanol–water partition coefficient (Wildman–Crippen LogP) is 1.93. The smallest absolute Gasteiger partial charge is 0.330 e. The molecule has 0 aliphatic heterocycles. The molecule has 11 heteroatoms. The van der Waals surface area contributed by atoms with E-state index < -0.39 is 24.2 Å². The first-order valence-corrected chi connectivity index (χ1v) is 8.93. The fraction of sp³-hybridized carbons (Fsp3) is 0.176. The highest BCUT2D eigenvalue weighted by atomic mass is 32.1. The summed E-state index contributed by atoms with van der Waals surface area (Å²) in [5.41, 5.74) is 0.746. The highest BCUT2D eigenvalue weighted by Crippen LogP contribution is 2.17. The summed E-state index contributed by atoms with van der Waals surface area (Å²) in [6.07, 6.45) is 0. The van der Waals surface area contributed by atoms with Crippen molar-refractivity contribution in [2.24, 2.45) is 0 Å². The van der Waals surface area contributed by atoms with Crippen molar-refractivity contribution in [2.45, 2.75) is 13.5 Å². The SMILES string of the molecule is CC(=O)Nc1ccc(C(=O)COC(=O)Cn2nnc(-c3ccsc3)n2)c(F)c1. The lowest BCUT2D eigenvalue weighted by molar-refractivity contribution is -0.143. The third-order valence-electron chi connectivity index (χ3n) is 3.46. The van der Waals surface area contributed by atoms with Crippen LogP contribution in [0.2, 0.25) is 0 Å². The van der Waals surface area contributed by atoms with Gasteiger partial charge >= 0.3 is 5.97 Å². The van der Waals surface area contributed by atoms with Crippen LogP contribution in [-0.4, -0.2) is 44.5 Å². The van der Waals surface area contributed by atoms with Crippen molar-refractivity contribution in [3.63, 3.8) is 0 Å². The van der Waals surface area contributed by atoms with Crippen molar-refractivity contribution in [3.05, 3.63) is 46.4 Å². The second-order valence-corrected chi connectivity index (χ2v) is 6.40. The van der Waals surface area contributed by atoms with Crippen LogP contribution in [0.1, 0.15) is 17.3 Å². The Labute approximate surface area is 162 Å². The number of anilines is 1. The third-order valence-corrected chi connectivity index (χ3v) is 4.14. The Hall–Kier alpha value is -3.47. The largest absolute Gasteiger partial charge is 0.456 e. The van der Waals surface area contributed by atoms with E-state index in [4.69, 9.17) is 4.74 Å². The molecular formula is C17H14FN5O4S. The predicted molar refractivity (Wildman–Crippen MR) is 97.1 cm³/mol. The molecule has 0 saturated carbocycles. The zero-order valence-electron chi connectivity index (χ0n) is 14.6. The molecule has 1 amide bonds. The van der Waals surface area contributed by atoms with Gasteiger partial charge in [0.2, 0.25) is 17.5 Å². The topological polar surface area (TPSA) is 116 Å². The van der Waals surface area contributed by atoms with Crippen LogP contribution in [0.3, 0.4) is 0 Å². The molecular weight excluding hydrogens is 389 g/mol. The summed E-state index contributed by atoms with van der Waals surface area (Å²) in [4.78, 5) is 35.9. The van der Waals surface area contributed by atoms with Crippen LogP contribution in [0.15, 0.2) is 35.0 Å². The summed E-state index contributed by atoms with van der Waals surface area (Å²) in [6, 6.07) is 5.42. The summed E-state index contributed by atoms with van der Waals surface area (Å²) < 4.78 is 18.9. The van der Waals surface area contributed by atoms with Crippen molar-refractivity contribution in [2.75, 3.05) is 11.9 Å². The van der Waals surface area contributed by atoms with Crippen LogP contribution in [0.4, 0.5) is 10.1 Å². The minimum absolute atomic E-state index is 0.220. The standard InChI is InChI=1S/C17H14FN5O4S/c1-10(24)19-12-2-3-13(14(18)6-12)15(25)8-27-16(26)7-23-21-17(20-22-23)11-4-5-28-9-11/h2-6,9H,7-8H2,1H3,(H,19,24). The van der Waals surface area contributed by atoms with Gasteiger partial charge in [0.25, 0.3) is 0 Å². The molecule has 2 aromatic heterocycles. The van der Waals surface area contributed by atoms with Crippen molar-refractivity contribution >= 4 is 34.7 Å². The number of Topliss-reactive ketones (excluding diaryl/α,β-unsaturated/α-hetero) is 1. The fourth-order valence-corrected chi connectivity index (χ4v) is 2.86. The van der Waals surface area contributed by atoms with Crippen molar-refractivity contribution in [1.82, 2.24) is 20.2 Å². The van der Waals surface area contributed by atoms with E-state index in [1.54, 1.807) is 0 Å². The molecule has 3 rings (SSSR count). The van der Waals surface area contributed by atoms with Gasteiger partial charge in [0.1, 0.15) is 5.82 Å². The Morgan fingerprint density at radius 3 is 2.79 bits per heavy atom. The number of carbonyl (C=O) groups is 3. The zero-order valence-corrected chi connectivity index (χ0v) is 15.4. The Morgan fingerprint density at radius 1 is 1.29 bits per heavy atom. The molecule has 144 valence electrons. The molecule has 0 spiro atoms. The molecule has 0 radical (unpaired) electrons. The molecule has 9 nitrogen and oxygen atoms in total. The van der Waals surface area contributed by atoms with Gasteiger partial charge in [-0.15, -0.1) is 10.2 Å². The van der Waals surface area contributed by atoms with Crippen molar-refractivity contribution < 1.29 is 23.5 Å². The number of thiophene rings is 1. The lowest BCUT2D eigenvalue weighted by Gasteiger charge is -2.07. The summed E-state index contributed by atoms with van der Waals surface area (Å²) in [7, 11) is 0. The number of nitrogens with zero attached hydrogens (tertiary/aromatic N) is 4. The van der Waals surface area contributed by atoms with Gasteiger partial charge in [-0.2, -0.15) is 16.1 Å². The molecule has 0 aliphatic rings. The Bertz CT molecular complexity index is 1020. The quantitative estimate of drug-likeness (QED) is 0.473. The first kappa shape index (κ1) is 19.3. The summed E-state index contributed by atoms with van der Waals surface area (Å²) in [5.74, 6) is -2.31. The van der Waals surface area contributed by atoms with Crippen LogP contribution in [0.25, 0.3) is 11.4 Å². The van der Waals surface area contributed by atoms with Crippen LogP contribution >= 0.6 is 11.3 Å². The van der Waals surface area contributed by atoms with E-state index in [0.717, 1.165) is 16.4 Å². The number of carbonyl (C=O) groups excluding carboxylic acids is 3. The number of rotatable bonds is 7. The van der Waals surface area contributed by atoms with E-state index in [9.17, 15) is 18.8 Å². The summed E-state index contributed by atoms with van der Waals surface area (Å²) >= 11 is 1.47. The van der Waals surface area contributed by atoms with Gasteiger partial charge in [0.05, 0.1) is 5.56 Å². The average Bonchev–Trinajstić information content (AvgIpc) is 3.30. The van der Waals surface area contributed by atoms with Crippen molar-refractivity contribution in [3.8, 4) is 11.4 Å². The van der Waals surface area contributed by atoms with Crippen LogP contribution in [-0.2, 0) is 20.9 Å². The van der Waals surface area contributed by atoms with Crippen molar-refractivity contribution in [1.29, 1.82) is 0 Å². The number of esters is 1. The minimum atomic E-state index is -0.828. The fourth-order valence-electron chi connectivity index (χ4n) is 2.22. The maximum absolute atomic E-state index is 14.0. The number of aromatic nitrogens is 4. The van der Waals surface area contributed by atoms with Gasteiger partial charge in [-0.25, -0.2) is 9.18 Å². The average molecular weight is 403 g/mol. The monoisotopic (exact) mass is 403 g/mol. The van der Waals surface area contributed by atoms with E-state index in [-0.39, 0.29) is 23.7 Å². The van der Waals surface area contributed by atoms with Gasteiger partial charge in [0, 0.05) is 23.6 Å². The number of nitrogens with one attached hydrogen (secondary N) is 1. The second-order valence-electron chi connectivity index (χ2n) is 5.62. The lowest BCUT2D eigenvalue weighted by atomic mass is 10.1. The Balaban J connectivity index is 1.54. The Morgan fingerprint density at radius 2 is 2.11 bits per heavy atom. The second kappa shape index (κ2) is 8.48. The molecule has 0 unspecified atom stereocenters. The number of ketones is 1. The van der Waals surface area contributed by atoms with Gasteiger partial charge in [-0.3, -0.25) is 9.59 Å². The molecule has 0 atom stereocenters. The summed E-state index contributed by atoms with van der Waals surface area (Å²) in [5, 5.41) is 17.7. The van der Waals surface area contributed by atoms with E-state index >= 15 is 0 Å². The van der Waals surface area contributed by atoms with E-state index in [2.05, 4.69) is 20.7 Å². The number of ether oxygens (including phenoxy) is 1. The van der Waals surface area contributed by atoms with E-state index in [1.165, 1.54) is 30.4 Å². The van der Waals surface area contributed by atoms with Gasteiger partial charge in [0.15, 0.2) is 13.2 Å². The third kappa shape index (κ3) is 4.82. The first-order chi connectivity index (χ1) is 13.4. The number of tetrazole rings is 1. The highest BCUT2D eigenvalue weighted by molar-refractivity contribution is 7.08. The van der Waals surface area contributed by atoms with Gasteiger partial charge in [-0.05, 0) is 34.9 Å². The molecule has 0 fully saturated rings. The maximum atomic E-state index is 14.0. The molecule has 1 aromatic carbocycles. The van der Waals surface area contributed by atoms with E-state index in [0.29, 0.717) is 5.82 Å². The molecule has 1 N–H and O–H groups in total. The molecule has 0 saturated heterocycles. The zero-order chi connectivity index (χ0) is 20.1. The molecule has 28 heavy (non-hydrogen) atoms. The van der Waals surface area contributed by atoms with Gasteiger partial charge in [-0.1, -0.05) is 0 Å². The van der Waals surface area contributed by atoms with Crippen LogP contribution < -0.4 is 5.32 Å². The Kier molecular flexibility index (Phi) is 5.84. The minimum Gasteiger partial charge on any atom is -0.456 e. The number of halogens is 1. The number of amides is 1. The molecule has 2 heterocycles. The number of hydrogen-bond donors (Lipinski definition) is 1. The van der Waals surface area contributed by atoms with Crippen LogP contribution in [0, 0.1) is 5.82 Å². The van der Waals surface area contributed by atoms with Gasteiger partial charge < -0.3 is 10.1 Å².